The average molecular weight is 562 g/mol. The van der Waals surface area contributed by atoms with Gasteiger partial charge in [-0.2, -0.15) is 0 Å². The molecule has 0 unspecified atom stereocenters. The number of hydrogen-bond acceptors (Lipinski definition) is 4. The number of carbonyl (C=O) groups is 2. The number of nitrogens with one attached hydrogen (secondary N) is 1. The average Bonchev–Trinajstić information content (AvgIpc) is 2.86. The third-order valence-electron chi connectivity index (χ3n) is 6.29. The molecule has 0 radical (unpaired) electrons. The fourth-order valence-electron chi connectivity index (χ4n) is 4.36. The number of benzene rings is 3. The first kappa shape index (κ1) is 27.3. The zero-order valence-corrected chi connectivity index (χ0v) is 22.3. The second-order valence-electron chi connectivity index (χ2n) is 9.03. The first-order chi connectivity index (χ1) is 17.8. The molecule has 37 heavy (non-hydrogen) atoms. The second kappa shape index (κ2) is 12.7. The van der Waals surface area contributed by atoms with Gasteiger partial charge in [0.1, 0.15) is 17.9 Å². The van der Waals surface area contributed by atoms with Gasteiger partial charge in [-0.25, -0.2) is 4.79 Å². The van der Waals surface area contributed by atoms with E-state index < -0.39 is 17.9 Å². The van der Waals surface area contributed by atoms with Crippen LogP contribution in [-0.4, -0.2) is 47.1 Å². The van der Waals surface area contributed by atoms with E-state index >= 15 is 0 Å². The third-order valence-corrected chi connectivity index (χ3v) is 7.15. The summed E-state index contributed by atoms with van der Waals surface area (Å²) in [7, 11) is 0. The SMILES string of the molecule is O=C(N[C@@H](Cc1ccc(OC2CCN(Cc3cccc(Cl)c3)CC2)cc1)C(=O)O)c1c(Cl)cccc1Cl. The Hall–Kier alpha value is -2.77. The molecule has 1 heterocycles. The maximum Gasteiger partial charge on any atom is 0.326 e. The van der Waals surface area contributed by atoms with E-state index in [2.05, 4.69) is 16.3 Å². The Bertz CT molecular complexity index is 1220. The van der Waals surface area contributed by atoms with Crippen molar-refractivity contribution in [3.63, 3.8) is 0 Å². The molecule has 1 aliphatic heterocycles. The molecule has 4 rings (SSSR count). The lowest BCUT2D eigenvalue weighted by atomic mass is 10.0. The number of carbonyl (C=O) groups excluding carboxylic acids is 1. The van der Waals surface area contributed by atoms with E-state index in [4.69, 9.17) is 39.5 Å². The molecule has 0 aromatic heterocycles. The van der Waals surface area contributed by atoms with Gasteiger partial charge in [-0.3, -0.25) is 9.69 Å². The van der Waals surface area contributed by atoms with E-state index in [1.54, 1.807) is 6.07 Å². The first-order valence-corrected chi connectivity index (χ1v) is 13.1. The van der Waals surface area contributed by atoms with E-state index in [-0.39, 0.29) is 28.1 Å². The molecule has 9 heteroatoms. The van der Waals surface area contributed by atoms with Crippen molar-refractivity contribution in [2.45, 2.75) is 38.0 Å². The van der Waals surface area contributed by atoms with Crippen LogP contribution >= 0.6 is 34.8 Å². The maximum absolute atomic E-state index is 12.6. The van der Waals surface area contributed by atoms with Gasteiger partial charge in [-0.05, 0) is 60.4 Å². The molecular weight excluding hydrogens is 535 g/mol. The van der Waals surface area contributed by atoms with Crippen LogP contribution in [0.3, 0.4) is 0 Å². The molecule has 0 spiro atoms. The number of likely N-dealkylation sites (tertiary alicyclic amines) is 1. The molecule has 0 aliphatic carbocycles. The highest BCUT2D eigenvalue weighted by atomic mass is 35.5. The molecule has 1 fully saturated rings. The van der Waals surface area contributed by atoms with E-state index in [0.717, 1.165) is 48.8 Å². The topological polar surface area (TPSA) is 78.9 Å². The molecule has 1 saturated heterocycles. The Balaban J connectivity index is 1.29. The number of hydrogen-bond donors (Lipinski definition) is 2. The number of aliphatic carboxylic acids is 1. The monoisotopic (exact) mass is 560 g/mol. The molecule has 194 valence electrons. The zero-order chi connectivity index (χ0) is 26.4. The summed E-state index contributed by atoms with van der Waals surface area (Å²) in [5, 5.41) is 13.2. The number of carboxylic acids is 1. The van der Waals surface area contributed by atoms with Crippen LogP contribution in [-0.2, 0) is 17.8 Å². The largest absolute Gasteiger partial charge is 0.490 e. The number of ether oxygens (including phenoxy) is 1. The minimum atomic E-state index is -1.15. The summed E-state index contributed by atoms with van der Waals surface area (Å²) in [6.07, 6.45) is 2.05. The summed E-state index contributed by atoms with van der Waals surface area (Å²) < 4.78 is 6.17. The van der Waals surface area contributed by atoms with Gasteiger partial charge in [0.2, 0.25) is 0 Å². The van der Waals surface area contributed by atoms with Crippen molar-refractivity contribution >= 4 is 46.7 Å². The summed E-state index contributed by atoms with van der Waals surface area (Å²) >= 11 is 18.3. The maximum atomic E-state index is 12.6. The van der Waals surface area contributed by atoms with Gasteiger partial charge < -0.3 is 15.2 Å². The Morgan fingerprint density at radius 2 is 1.59 bits per heavy atom. The summed E-state index contributed by atoms with van der Waals surface area (Å²) in [6, 6.07) is 18.8. The second-order valence-corrected chi connectivity index (χ2v) is 10.3. The van der Waals surface area contributed by atoms with Gasteiger partial charge in [0.05, 0.1) is 15.6 Å². The van der Waals surface area contributed by atoms with Gasteiger partial charge in [-0.1, -0.05) is 65.1 Å². The molecule has 2 N–H and O–H groups in total. The van der Waals surface area contributed by atoms with E-state index in [1.165, 1.54) is 17.7 Å². The molecule has 1 aliphatic rings. The van der Waals surface area contributed by atoms with Gasteiger partial charge >= 0.3 is 5.97 Å². The van der Waals surface area contributed by atoms with Gasteiger partial charge in [-0.15, -0.1) is 0 Å². The quantitative estimate of drug-likeness (QED) is 0.329. The fraction of sp³-hybridized carbons (Fsp3) is 0.286. The third kappa shape index (κ3) is 7.62. The number of nitrogens with zero attached hydrogens (tertiary/aromatic N) is 1. The molecule has 3 aromatic carbocycles. The van der Waals surface area contributed by atoms with Crippen molar-refractivity contribution in [1.82, 2.24) is 10.2 Å². The molecule has 1 atom stereocenters. The molecule has 0 saturated carbocycles. The van der Waals surface area contributed by atoms with E-state index in [1.807, 2.05) is 42.5 Å². The molecule has 1 amide bonds. The summed E-state index contributed by atoms with van der Waals surface area (Å²) in [6.45, 7) is 2.74. The molecule has 3 aromatic rings. The van der Waals surface area contributed by atoms with Gasteiger partial charge in [0, 0.05) is 31.1 Å². The smallest absolute Gasteiger partial charge is 0.326 e. The van der Waals surface area contributed by atoms with Crippen LogP contribution in [0.25, 0.3) is 0 Å². The predicted octanol–water partition coefficient (Wildman–Crippen LogP) is 6.12. The lowest BCUT2D eigenvalue weighted by Crippen LogP contribution is -2.42. The van der Waals surface area contributed by atoms with Crippen molar-refractivity contribution < 1.29 is 19.4 Å². The fourth-order valence-corrected chi connectivity index (χ4v) is 5.14. The number of rotatable bonds is 9. The van der Waals surface area contributed by atoms with Crippen molar-refractivity contribution in [2.24, 2.45) is 0 Å². The highest BCUT2D eigenvalue weighted by Gasteiger charge is 2.24. The normalized spacial score (nSPS) is 15.2. The summed E-state index contributed by atoms with van der Waals surface area (Å²) in [5.74, 6) is -1.05. The van der Waals surface area contributed by atoms with Crippen molar-refractivity contribution in [3.8, 4) is 5.75 Å². The Morgan fingerprint density at radius 3 is 2.22 bits per heavy atom. The van der Waals surface area contributed by atoms with E-state index in [0.29, 0.717) is 0 Å². The number of piperidine rings is 1. The van der Waals surface area contributed by atoms with Crippen LogP contribution in [0.5, 0.6) is 5.75 Å². The Labute approximate surface area is 231 Å². The number of amides is 1. The molecule has 6 nitrogen and oxygen atoms in total. The van der Waals surface area contributed by atoms with E-state index in [9.17, 15) is 14.7 Å². The summed E-state index contributed by atoms with van der Waals surface area (Å²) in [5.41, 5.74) is 2.01. The Kier molecular flexibility index (Phi) is 9.33. The van der Waals surface area contributed by atoms with Gasteiger partial charge in [0.15, 0.2) is 0 Å². The molecule has 0 bridgehead atoms. The minimum absolute atomic E-state index is 0.0550. The van der Waals surface area contributed by atoms with Crippen LogP contribution in [0.4, 0.5) is 0 Å². The number of halogens is 3. The molecular formula is C28H27Cl3N2O4. The van der Waals surface area contributed by atoms with Crippen LogP contribution in [0.1, 0.15) is 34.3 Å². The number of carboxylic acid groups (broad SMARTS) is 1. The lowest BCUT2D eigenvalue weighted by Gasteiger charge is -2.32. The summed E-state index contributed by atoms with van der Waals surface area (Å²) in [4.78, 5) is 26.8. The van der Waals surface area contributed by atoms with Crippen LogP contribution in [0.2, 0.25) is 15.1 Å². The highest BCUT2D eigenvalue weighted by molar-refractivity contribution is 6.39. The van der Waals surface area contributed by atoms with Crippen LogP contribution in [0, 0.1) is 0 Å². The minimum Gasteiger partial charge on any atom is -0.490 e. The predicted molar refractivity (Wildman–Crippen MR) is 146 cm³/mol. The Morgan fingerprint density at radius 1 is 0.946 bits per heavy atom. The van der Waals surface area contributed by atoms with Crippen molar-refractivity contribution in [2.75, 3.05) is 13.1 Å². The van der Waals surface area contributed by atoms with Crippen molar-refractivity contribution in [1.29, 1.82) is 0 Å². The standard InChI is InChI=1S/C28H27Cl3N2O4/c29-20-4-1-3-19(15-20)17-33-13-11-22(12-14-33)37-21-9-7-18(8-10-21)16-25(28(35)36)32-27(34)26-23(30)5-2-6-24(26)31/h1-10,15,22,25H,11-14,16-17H2,(H,32,34)(H,35,36)/t25-/m0/s1. The first-order valence-electron chi connectivity index (χ1n) is 12.0. The van der Waals surface area contributed by atoms with Crippen molar-refractivity contribution in [3.05, 3.63) is 98.5 Å². The van der Waals surface area contributed by atoms with Crippen LogP contribution < -0.4 is 10.1 Å². The highest BCUT2D eigenvalue weighted by Crippen LogP contribution is 2.25. The van der Waals surface area contributed by atoms with Crippen LogP contribution in [0.15, 0.2) is 66.7 Å². The zero-order valence-electron chi connectivity index (χ0n) is 20.0. The lowest BCUT2D eigenvalue weighted by molar-refractivity contribution is -0.139. The van der Waals surface area contributed by atoms with Gasteiger partial charge in [0.25, 0.3) is 5.91 Å².